The number of amides is 2. The van der Waals surface area contributed by atoms with E-state index in [4.69, 9.17) is 0 Å². The minimum absolute atomic E-state index is 0.242. The van der Waals surface area contributed by atoms with Crippen molar-refractivity contribution in [3.8, 4) is 0 Å². The highest BCUT2D eigenvalue weighted by molar-refractivity contribution is 6.36. The monoisotopic (exact) mass is 465 g/mol. The third kappa shape index (κ3) is 4.85. The topological polar surface area (TPSA) is 52.7 Å². The lowest BCUT2D eigenvalue weighted by Crippen LogP contribution is -2.32. The number of hydrogen-bond acceptors (Lipinski definition) is 4. The van der Waals surface area contributed by atoms with E-state index >= 15 is 0 Å². The van der Waals surface area contributed by atoms with Crippen LogP contribution in [0.2, 0.25) is 0 Å². The summed E-state index contributed by atoms with van der Waals surface area (Å²) in [5.74, 6) is -0.571. The Bertz CT molecular complexity index is 1250. The predicted octanol–water partition coefficient (Wildman–Crippen LogP) is 5.69. The van der Waals surface area contributed by atoms with E-state index in [-0.39, 0.29) is 18.4 Å². The van der Waals surface area contributed by atoms with Crippen LogP contribution in [0.25, 0.3) is 5.57 Å². The van der Waals surface area contributed by atoms with E-state index in [1.165, 1.54) is 29.8 Å². The lowest BCUT2D eigenvalue weighted by atomic mass is 10.0. The number of piperidine rings is 1. The molecule has 1 saturated heterocycles. The van der Waals surface area contributed by atoms with Gasteiger partial charge in [-0.3, -0.25) is 14.5 Å². The molecule has 2 aliphatic rings. The number of aryl methyl sites for hydroxylation is 2. The zero-order valence-electron chi connectivity index (χ0n) is 20.4. The molecule has 1 N–H and O–H groups in total. The maximum absolute atomic E-state index is 13.5. The Labute approximate surface area is 207 Å². The first-order valence-corrected chi connectivity index (χ1v) is 12.3. The van der Waals surface area contributed by atoms with Gasteiger partial charge in [-0.1, -0.05) is 59.7 Å². The van der Waals surface area contributed by atoms with Gasteiger partial charge in [0, 0.05) is 24.5 Å². The second-order valence-electron chi connectivity index (χ2n) is 9.52. The van der Waals surface area contributed by atoms with Crippen molar-refractivity contribution >= 4 is 28.8 Å². The lowest BCUT2D eigenvalue weighted by molar-refractivity contribution is -0.137. The third-order valence-electron chi connectivity index (χ3n) is 6.83. The molecule has 35 heavy (non-hydrogen) atoms. The van der Waals surface area contributed by atoms with Crippen molar-refractivity contribution in [1.29, 1.82) is 0 Å². The van der Waals surface area contributed by atoms with E-state index in [0.717, 1.165) is 41.0 Å². The maximum atomic E-state index is 13.5. The van der Waals surface area contributed by atoms with E-state index in [1.807, 2.05) is 74.5 Å². The van der Waals surface area contributed by atoms with Crippen LogP contribution in [0.15, 0.2) is 78.5 Å². The standard InChI is InChI=1S/C30H31N3O2/c1-21-6-10-23(11-7-21)20-33-29(34)27(24-12-8-22(2)9-13-24)28(30(33)35)31-25-14-16-26(17-15-25)32-18-4-3-5-19-32/h6-17,31H,3-5,18-20H2,1-2H3. The van der Waals surface area contributed by atoms with Crippen molar-refractivity contribution in [3.63, 3.8) is 0 Å². The molecule has 0 bridgehead atoms. The van der Waals surface area contributed by atoms with E-state index in [2.05, 4.69) is 22.3 Å². The molecule has 0 unspecified atom stereocenters. The predicted molar refractivity (Wildman–Crippen MR) is 141 cm³/mol. The molecule has 178 valence electrons. The molecule has 1 fully saturated rings. The summed E-state index contributed by atoms with van der Waals surface area (Å²) in [5, 5.41) is 3.29. The average Bonchev–Trinajstić information content (AvgIpc) is 3.11. The van der Waals surface area contributed by atoms with Crippen LogP contribution in [0.4, 0.5) is 11.4 Å². The average molecular weight is 466 g/mol. The zero-order chi connectivity index (χ0) is 24.4. The first kappa shape index (κ1) is 22.9. The van der Waals surface area contributed by atoms with Gasteiger partial charge < -0.3 is 10.2 Å². The van der Waals surface area contributed by atoms with Gasteiger partial charge in [-0.2, -0.15) is 0 Å². The summed E-state index contributed by atoms with van der Waals surface area (Å²) in [4.78, 5) is 30.8. The molecule has 5 nitrogen and oxygen atoms in total. The number of hydrogen-bond donors (Lipinski definition) is 1. The van der Waals surface area contributed by atoms with Crippen molar-refractivity contribution in [2.75, 3.05) is 23.3 Å². The quantitative estimate of drug-likeness (QED) is 0.476. The van der Waals surface area contributed by atoms with Crippen LogP contribution >= 0.6 is 0 Å². The van der Waals surface area contributed by atoms with Crippen LogP contribution in [0.3, 0.4) is 0 Å². The molecule has 2 amide bonds. The minimum atomic E-state index is -0.300. The largest absolute Gasteiger partial charge is 0.372 e. The fourth-order valence-corrected chi connectivity index (χ4v) is 4.75. The number of nitrogens with one attached hydrogen (secondary N) is 1. The molecule has 0 radical (unpaired) electrons. The Balaban J connectivity index is 1.44. The molecule has 0 aromatic heterocycles. The highest BCUT2D eigenvalue weighted by atomic mass is 16.2. The molecule has 2 heterocycles. The molecule has 5 rings (SSSR count). The second kappa shape index (κ2) is 9.79. The Hall–Kier alpha value is -3.86. The number of anilines is 2. The van der Waals surface area contributed by atoms with Gasteiger partial charge in [-0.05, 0) is 68.5 Å². The summed E-state index contributed by atoms with van der Waals surface area (Å²) in [6, 6.07) is 23.8. The Morgan fingerprint density at radius 3 is 1.94 bits per heavy atom. The number of benzene rings is 3. The molecule has 3 aromatic carbocycles. The Morgan fingerprint density at radius 2 is 1.31 bits per heavy atom. The molecule has 0 spiro atoms. The van der Waals surface area contributed by atoms with Crippen molar-refractivity contribution in [3.05, 3.63) is 101 Å². The fraction of sp³-hybridized carbons (Fsp3) is 0.267. The van der Waals surface area contributed by atoms with Gasteiger partial charge in [0.05, 0.1) is 12.1 Å². The van der Waals surface area contributed by atoms with Gasteiger partial charge >= 0.3 is 0 Å². The van der Waals surface area contributed by atoms with Crippen LogP contribution in [-0.2, 0) is 16.1 Å². The fourth-order valence-electron chi connectivity index (χ4n) is 4.75. The van der Waals surface area contributed by atoms with Gasteiger partial charge in [0.1, 0.15) is 5.70 Å². The van der Waals surface area contributed by atoms with E-state index in [1.54, 1.807) is 0 Å². The Kier molecular flexibility index (Phi) is 6.41. The molecule has 2 aliphatic heterocycles. The summed E-state index contributed by atoms with van der Waals surface area (Å²) < 4.78 is 0. The summed E-state index contributed by atoms with van der Waals surface area (Å²) in [6.45, 7) is 6.43. The molecule has 0 atom stereocenters. The molecule has 0 aliphatic carbocycles. The normalized spacial score (nSPS) is 16.3. The van der Waals surface area contributed by atoms with Crippen LogP contribution in [0.5, 0.6) is 0 Å². The molecule has 5 heteroatoms. The van der Waals surface area contributed by atoms with Crippen molar-refractivity contribution in [1.82, 2.24) is 4.90 Å². The smallest absolute Gasteiger partial charge is 0.278 e. The SMILES string of the molecule is Cc1ccc(CN2C(=O)C(Nc3ccc(N4CCCCC4)cc3)=C(c3ccc(C)cc3)C2=O)cc1. The third-order valence-corrected chi connectivity index (χ3v) is 6.83. The van der Waals surface area contributed by atoms with Gasteiger partial charge in [0.25, 0.3) is 11.8 Å². The highest BCUT2D eigenvalue weighted by Crippen LogP contribution is 2.32. The van der Waals surface area contributed by atoms with Crippen LogP contribution < -0.4 is 10.2 Å². The number of carbonyl (C=O) groups is 2. The molecule has 0 saturated carbocycles. The number of carbonyl (C=O) groups excluding carboxylic acids is 2. The molecule has 3 aromatic rings. The van der Waals surface area contributed by atoms with Crippen molar-refractivity contribution in [2.24, 2.45) is 0 Å². The minimum Gasteiger partial charge on any atom is -0.372 e. The van der Waals surface area contributed by atoms with Crippen molar-refractivity contribution in [2.45, 2.75) is 39.7 Å². The number of rotatable bonds is 6. The first-order valence-electron chi connectivity index (χ1n) is 12.3. The van der Waals surface area contributed by atoms with Crippen molar-refractivity contribution < 1.29 is 9.59 Å². The summed E-state index contributed by atoms with van der Waals surface area (Å²) >= 11 is 0. The van der Waals surface area contributed by atoms with Gasteiger partial charge in [0.2, 0.25) is 0 Å². The van der Waals surface area contributed by atoms with Crippen LogP contribution in [-0.4, -0.2) is 29.8 Å². The van der Waals surface area contributed by atoms with Gasteiger partial charge in [-0.25, -0.2) is 0 Å². The molecular formula is C30H31N3O2. The first-order chi connectivity index (χ1) is 17.0. The zero-order valence-corrected chi connectivity index (χ0v) is 20.4. The van der Waals surface area contributed by atoms with Crippen LogP contribution in [0.1, 0.15) is 41.5 Å². The van der Waals surface area contributed by atoms with Gasteiger partial charge in [0.15, 0.2) is 0 Å². The molecular weight excluding hydrogens is 434 g/mol. The summed E-state index contributed by atoms with van der Waals surface area (Å²) in [5.41, 5.74) is 6.65. The van der Waals surface area contributed by atoms with E-state index < -0.39 is 0 Å². The van der Waals surface area contributed by atoms with E-state index in [9.17, 15) is 9.59 Å². The van der Waals surface area contributed by atoms with E-state index in [0.29, 0.717) is 11.3 Å². The van der Waals surface area contributed by atoms with Crippen LogP contribution in [0, 0.1) is 13.8 Å². The Morgan fingerprint density at radius 1 is 0.714 bits per heavy atom. The van der Waals surface area contributed by atoms with Gasteiger partial charge in [-0.15, -0.1) is 0 Å². The second-order valence-corrected chi connectivity index (χ2v) is 9.52. The number of nitrogens with zero attached hydrogens (tertiary/aromatic N) is 2. The summed E-state index contributed by atoms with van der Waals surface area (Å²) in [6.07, 6.45) is 3.74. The maximum Gasteiger partial charge on any atom is 0.278 e. The summed E-state index contributed by atoms with van der Waals surface area (Å²) in [7, 11) is 0. The lowest BCUT2D eigenvalue weighted by Gasteiger charge is -2.28. The highest BCUT2D eigenvalue weighted by Gasteiger charge is 2.39. The number of imide groups is 1.